The number of nitrogens with zero attached hydrogens (tertiary/aromatic N) is 2. The molecule has 0 radical (unpaired) electrons. The summed E-state index contributed by atoms with van der Waals surface area (Å²) in [6, 6.07) is 8.39. The Hall–Kier alpha value is -3.89. The monoisotopic (exact) mass is 1140 g/mol. The number of rotatable bonds is 31. The second-order valence-electron chi connectivity index (χ2n) is 18.7. The van der Waals surface area contributed by atoms with Gasteiger partial charge in [-0.1, -0.05) is 23.8 Å². The lowest BCUT2D eigenvalue weighted by Gasteiger charge is -2.30. The number of allylic oxidation sites excluding steroid dienone is 8. The smallest absolute Gasteiger partial charge is 0.303 e. The summed E-state index contributed by atoms with van der Waals surface area (Å²) in [6.07, 6.45) is 10.8. The van der Waals surface area contributed by atoms with Gasteiger partial charge in [-0.3, -0.25) is 23.0 Å². The van der Waals surface area contributed by atoms with Crippen LogP contribution in [0.15, 0.2) is 92.4 Å². The average Bonchev–Trinajstić information content (AvgIpc) is 3.67. The van der Waals surface area contributed by atoms with Crippen LogP contribution >= 0.6 is 11.6 Å². The molecule has 25 heteroatoms. The van der Waals surface area contributed by atoms with Crippen molar-refractivity contribution in [3.05, 3.63) is 93.7 Å². The highest BCUT2D eigenvalue weighted by molar-refractivity contribution is 7.86. The molecular weight excluding hydrogens is 1070 g/mol. The molecule has 2 aliphatic heterocycles. The fraction of sp³-hybridized carbons (Fsp3) is 0.551. The van der Waals surface area contributed by atoms with Crippen molar-refractivity contribution < 1.29 is 85.3 Å². The molecule has 2 heterocycles. The van der Waals surface area contributed by atoms with Crippen LogP contribution in [-0.4, -0.2) is 151 Å². The molecule has 1 aliphatic carbocycles. The summed E-state index contributed by atoms with van der Waals surface area (Å²) in [7, 11) is -16.5. The highest BCUT2D eigenvalue weighted by Crippen LogP contribution is 2.52. The van der Waals surface area contributed by atoms with Crippen molar-refractivity contribution in [3.63, 3.8) is 0 Å². The average molecular weight is 1140 g/mol. The maximum Gasteiger partial charge on any atom is 0.303 e. The maximum atomic E-state index is 12.5. The summed E-state index contributed by atoms with van der Waals surface area (Å²) in [5.41, 5.74) is 2.77. The molecule has 2 aromatic carbocycles. The number of carboxylic acid groups (broad SMARTS) is 1. The van der Waals surface area contributed by atoms with Crippen molar-refractivity contribution in [1.82, 2.24) is 0 Å². The van der Waals surface area contributed by atoms with Gasteiger partial charge < -0.3 is 29.0 Å². The van der Waals surface area contributed by atoms with Crippen LogP contribution in [0.3, 0.4) is 0 Å². The third-order valence-electron chi connectivity index (χ3n) is 13.4. The van der Waals surface area contributed by atoms with E-state index >= 15 is 0 Å². The third-order valence-corrected chi connectivity index (χ3v) is 17.2. The van der Waals surface area contributed by atoms with Crippen molar-refractivity contribution in [2.45, 2.75) is 105 Å². The highest BCUT2D eigenvalue weighted by atomic mass is 35.5. The molecule has 3 aliphatic rings. The minimum atomic E-state index is -4.66. The first-order valence-electron chi connectivity index (χ1n) is 24.2. The Morgan fingerprint density at radius 1 is 0.703 bits per heavy atom. The number of halogens is 1. The Morgan fingerprint density at radius 3 is 1.85 bits per heavy atom. The summed E-state index contributed by atoms with van der Waals surface area (Å²) in [4.78, 5) is 12.5. The Balaban J connectivity index is 1.56. The summed E-state index contributed by atoms with van der Waals surface area (Å²) >= 11 is 7.28. The van der Waals surface area contributed by atoms with E-state index in [1.165, 1.54) is 24.3 Å². The molecule has 0 fully saturated rings. The maximum absolute atomic E-state index is 12.5. The van der Waals surface area contributed by atoms with Crippen LogP contribution in [-0.2, 0) is 75.0 Å². The number of hydrogen-bond acceptors (Lipinski definition) is 14. The normalized spacial score (nSPS) is 20.7. The van der Waals surface area contributed by atoms with Crippen molar-refractivity contribution in [2.75, 3.05) is 82.9 Å². The lowest BCUT2D eigenvalue weighted by molar-refractivity contribution is -0.438. The van der Waals surface area contributed by atoms with Gasteiger partial charge in [0.25, 0.3) is 40.5 Å². The Bertz CT molecular complexity index is 2970. The molecule has 412 valence electrons. The molecule has 2 unspecified atom stereocenters. The SMILES string of the molecule is COCCOCCOCCOCCN1/C(=C/C=C2\CCCC(/C=C/C3=[N+](CCCCCC(=O)O)c4ccc(S(=O)(=O)O)cc4C3(C)CCCS(=O)(=O)O)=C2Cl)C(C)(CCCS(=O)(=O)O)c2cc(S(=O)(=O)O)ccc21. The molecule has 0 bridgehead atoms. The Morgan fingerprint density at radius 2 is 1.27 bits per heavy atom. The van der Waals surface area contributed by atoms with Crippen LogP contribution < -0.4 is 4.90 Å². The number of ether oxygens (including phenoxy) is 4. The van der Waals surface area contributed by atoms with Crippen molar-refractivity contribution in [1.29, 1.82) is 0 Å². The molecule has 5 N–H and O–H groups in total. The number of carbonyl (C=O) groups is 1. The molecule has 5 rings (SSSR count). The van der Waals surface area contributed by atoms with Gasteiger partial charge in [-0.05, 0) is 125 Å². The van der Waals surface area contributed by atoms with E-state index in [0.717, 1.165) is 11.1 Å². The highest BCUT2D eigenvalue weighted by Gasteiger charge is 2.48. The minimum absolute atomic E-state index is 0.0147. The zero-order valence-electron chi connectivity index (χ0n) is 41.8. The number of methoxy groups -OCH3 is 1. The zero-order valence-corrected chi connectivity index (χ0v) is 45.8. The van der Waals surface area contributed by atoms with Crippen LogP contribution in [0.4, 0.5) is 11.4 Å². The fourth-order valence-electron chi connectivity index (χ4n) is 9.74. The van der Waals surface area contributed by atoms with Gasteiger partial charge in [0.1, 0.15) is 6.54 Å². The number of unbranched alkanes of at least 4 members (excludes halogenated alkanes) is 2. The zero-order chi connectivity index (χ0) is 54.5. The number of fused-ring (bicyclic) bond motifs is 2. The minimum Gasteiger partial charge on any atom is -0.481 e. The third kappa shape index (κ3) is 16.8. The van der Waals surface area contributed by atoms with Gasteiger partial charge in [-0.15, -0.1) is 0 Å². The van der Waals surface area contributed by atoms with E-state index in [9.17, 15) is 61.8 Å². The molecule has 0 spiro atoms. The van der Waals surface area contributed by atoms with Crippen LogP contribution in [0.5, 0.6) is 0 Å². The number of anilines is 1. The van der Waals surface area contributed by atoms with Gasteiger partial charge in [-0.25, -0.2) is 0 Å². The summed E-state index contributed by atoms with van der Waals surface area (Å²) in [5, 5.41) is 9.64. The van der Waals surface area contributed by atoms with Gasteiger partial charge in [0, 0.05) is 66.0 Å². The van der Waals surface area contributed by atoms with E-state index < -0.39 is 68.8 Å². The molecule has 0 aromatic heterocycles. The first kappa shape index (κ1) is 61.0. The van der Waals surface area contributed by atoms with Gasteiger partial charge in [0.2, 0.25) is 5.69 Å². The second kappa shape index (κ2) is 26.4. The van der Waals surface area contributed by atoms with Gasteiger partial charge >= 0.3 is 5.97 Å². The van der Waals surface area contributed by atoms with E-state index in [1.54, 1.807) is 19.2 Å². The van der Waals surface area contributed by atoms with Crippen molar-refractivity contribution in [3.8, 4) is 0 Å². The van der Waals surface area contributed by atoms with E-state index in [-0.39, 0.29) is 68.3 Å². The van der Waals surface area contributed by atoms with E-state index in [1.807, 2.05) is 47.6 Å². The standard InChI is InChI=1S/C49H67ClN2O18S4/c1-48(21-8-32-71(55,56)57)40-34-38(73(61,62)63)15-17-42(40)51(23-6-4-5-12-46(53)54)44(48)19-13-36-10-7-11-37(47(36)50)14-20-45-49(2,22-9-33-72(58,59)60)41-35-39(74(64,65)66)16-18-43(41)52(45)24-25-68-28-29-70-31-30-69-27-26-67-3/h13-20,34-35H,4-12,21-33H2,1-3H3,(H4-,53,54,55,56,57,58,59,60,61,62,63,64,65,66)/p+1. The number of carboxylic acids is 1. The first-order valence-corrected chi connectivity index (χ1v) is 30.7. The molecular formula is C49H68ClN2O18S4+. The molecule has 2 atom stereocenters. The van der Waals surface area contributed by atoms with Crippen molar-refractivity contribution in [2.24, 2.45) is 0 Å². The van der Waals surface area contributed by atoms with Gasteiger partial charge in [0.15, 0.2) is 5.71 Å². The molecule has 20 nitrogen and oxygen atoms in total. The quantitative estimate of drug-likeness (QED) is 0.0287. The summed E-state index contributed by atoms with van der Waals surface area (Å²) < 4.78 is 161. The molecule has 0 saturated carbocycles. The predicted molar refractivity (Wildman–Crippen MR) is 278 cm³/mol. The predicted octanol–water partition coefficient (Wildman–Crippen LogP) is 7.03. The first-order chi connectivity index (χ1) is 34.7. The summed E-state index contributed by atoms with van der Waals surface area (Å²) in [5.74, 6) is -2.06. The summed E-state index contributed by atoms with van der Waals surface area (Å²) in [6.45, 7) is 6.62. The fourth-order valence-corrected chi connectivity index (χ4v) is 12.1. The van der Waals surface area contributed by atoms with Gasteiger partial charge in [0.05, 0.1) is 73.0 Å². The lowest BCUT2D eigenvalue weighted by atomic mass is 9.75. The largest absolute Gasteiger partial charge is 0.481 e. The number of benzene rings is 2. The Kier molecular flexibility index (Phi) is 21.8. The molecule has 0 amide bonds. The van der Waals surface area contributed by atoms with E-state index in [4.69, 9.17) is 30.5 Å². The molecule has 2 aromatic rings. The van der Waals surface area contributed by atoms with Crippen LogP contribution in [0.1, 0.15) is 95.6 Å². The number of hydrogen-bond donors (Lipinski definition) is 5. The van der Waals surface area contributed by atoms with Crippen LogP contribution in [0.25, 0.3) is 0 Å². The number of aliphatic carboxylic acids is 1. The molecule has 0 saturated heterocycles. The topological polar surface area (TPSA) is 298 Å². The Labute approximate surface area is 439 Å². The second-order valence-corrected chi connectivity index (χ2v) is 25.1. The van der Waals surface area contributed by atoms with E-state index in [0.29, 0.717) is 110 Å². The van der Waals surface area contributed by atoms with Crippen LogP contribution in [0.2, 0.25) is 0 Å². The van der Waals surface area contributed by atoms with Crippen LogP contribution in [0, 0.1) is 0 Å². The van der Waals surface area contributed by atoms with Crippen molar-refractivity contribution >= 4 is 75.1 Å². The van der Waals surface area contributed by atoms with E-state index in [2.05, 4.69) is 0 Å². The lowest BCUT2D eigenvalue weighted by Crippen LogP contribution is -2.32. The van der Waals surface area contributed by atoms with Gasteiger partial charge in [-0.2, -0.15) is 38.2 Å². The molecule has 74 heavy (non-hydrogen) atoms.